The molecular weight excluding hydrogens is 222 g/mol. The number of halogens is 1. The third kappa shape index (κ3) is 3.21. The van der Waals surface area contributed by atoms with Crippen LogP contribution in [0.15, 0.2) is 24.3 Å². The summed E-state index contributed by atoms with van der Waals surface area (Å²) >= 11 is 5.82. The number of aliphatic hydroxyl groups excluding tert-OH is 1. The van der Waals surface area contributed by atoms with E-state index in [1.54, 1.807) is 0 Å². The molecule has 0 aromatic heterocycles. The summed E-state index contributed by atoms with van der Waals surface area (Å²) in [6.07, 6.45) is 2.92. The molecular formula is C13H18ClNO. The van der Waals surface area contributed by atoms with Crippen LogP contribution in [0.5, 0.6) is 0 Å². The lowest BCUT2D eigenvalue weighted by atomic mass is 9.91. The Kier molecular flexibility index (Phi) is 4.22. The molecule has 1 aliphatic heterocycles. The lowest BCUT2D eigenvalue weighted by Crippen LogP contribution is -2.30. The number of piperidine rings is 1. The van der Waals surface area contributed by atoms with E-state index in [0.29, 0.717) is 5.92 Å². The first kappa shape index (κ1) is 11.9. The number of hydrogen-bond acceptors (Lipinski definition) is 2. The molecule has 2 N–H and O–H groups in total. The van der Waals surface area contributed by atoms with Crippen LogP contribution in [-0.4, -0.2) is 18.2 Å². The van der Waals surface area contributed by atoms with E-state index in [1.165, 1.54) is 12.8 Å². The Morgan fingerprint density at radius 1 is 1.38 bits per heavy atom. The molecule has 1 heterocycles. The Labute approximate surface area is 102 Å². The Hall–Kier alpha value is -0.570. The van der Waals surface area contributed by atoms with E-state index in [4.69, 9.17) is 11.6 Å². The molecule has 0 aliphatic carbocycles. The van der Waals surface area contributed by atoms with Crippen molar-refractivity contribution in [3.8, 4) is 0 Å². The Morgan fingerprint density at radius 3 is 2.75 bits per heavy atom. The van der Waals surface area contributed by atoms with Gasteiger partial charge in [0.1, 0.15) is 0 Å². The molecule has 3 heteroatoms. The maximum Gasteiger partial charge on any atom is 0.0793 e. The highest BCUT2D eigenvalue weighted by Crippen LogP contribution is 2.25. The smallest absolute Gasteiger partial charge is 0.0793 e. The second-order valence-electron chi connectivity index (χ2n) is 4.52. The highest BCUT2D eigenvalue weighted by atomic mass is 35.5. The standard InChI is InChI=1S/C13H18ClNO/c14-12-5-3-11(4-6-12)13(16)8-10-2-1-7-15-9-10/h3-6,10,13,15-16H,1-2,7-9H2. The minimum Gasteiger partial charge on any atom is -0.388 e. The van der Waals surface area contributed by atoms with E-state index in [2.05, 4.69) is 5.32 Å². The SMILES string of the molecule is OC(CC1CCCNC1)c1ccc(Cl)cc1. The van der Waals surface area contributed by atoms with Crippen molar-refractivity contribution in [3.05, 3.63) is 34.9 Å². The molecule has 0 radical (unpaired) electrons. The highest BCUT2D eigenvalue weighted by Gasteiger charge is 2.18. The van der Waals surface area contributed by atoms with Gasteiger partial charge in [-0.05, 0) is 56.0 Å². The normalized spacial score (nSPS) is 23.0. The summed E-state index contributed by atoms with van der Waals surface area (Å²) in [6.45, 7) is 2.15. The van der Waals surface area contributed by atoms with E-state index in [0.717, 1.165) is 30.1 Å². The molecule has 1 saturated heterocycles. The van der Waals surface area contributed by atoms with Crippen molar-refractivity contribution in [1.82, 2.24) is 5.32 Å². The molecule has 1 aromatic rings. The van der Waals surface area contributed by atoms with Crippen molar-refractivity contribution < 1.29 is 5.11 Å². The molecule has 16 heavy (non-hydrogen) atoms. The lowest BCUT2D eigenvalue weighted by Gasteiger charge is -2.25. The summed E-state index contributed by atoms with van der Waals surface area (Å²) in [5, 5.41) is 14.2. The number of hydrogen-bond donors (Lipinski definition) is 2. The number of benzene rings is 1. The molecule has 0 amide bonds. The van der Waals surface area contributed by atoms with Crippen LogP contribution in [-0.2, 0) is 0 Å². The first-order chi connectivity index (χ1) is 7.75. The van der Waals surface area contributed by atoms with Gasteiger partial charge >= 0.3 is 0 Å². The Bertz CT molecular complexity index is 319. The van der Waals surface area contributed by atoms with Gasteiger partial charge in [0.2, 0.25) is 0 Å². The van der Waals surface area contributed by atoms with Gasteiger partial charge in [-0.2, -0.15) is 0 Å². The van der Waals surface area contributed by atoms with Crippen LogP contribution in [0.3, 0.4) is 0 Å². The molecule has 2 atom stereocenters. The fourth-order valence-corrected chi connectivity index (χ4v) is 2.39. The van der Waals surface area contributed by atoms with Crippen molar-refractivity contribution in [1.29, 1.82) is 0 Å². The van der Waals surface area contributed by atoms with E-state index < -0.39 is 0 Å². The quantitative estimate of drug-likeness (QED) is 0.850. The first-order valence-electron chi connectivity index (χ1n) is 5.90. The maximum atomic E-state index is 10.1. The van der Waals surface area contributed by atoms with Crippen LogP contribution in [0.1, 0.15) is 30.9 Å². The Morgan fingerprint density at radius 2 is 2.12 bits per heavy atom. The summed E-state index contributed by atoms with van der Waals surface area (Å²) in [4.78, 5) is 0. The van der Waals surface area contributed by atoms with Crippen LogP contribution < -0.4 is 5.32 Å². The van der Waals surface area contributed by atoms with Gasteiger partial charge in [0.25, 0.3) is 0 Å². The summed E-state index contributed by atoms with van der Waals surface area (Å²) in [5.41, 5.74) is 0.968. The van der Waals surface area contributed by atoms with Gasteiger partial charge in [-0.1, -0.05) is 23.7 Å². The molecule has 1 aliphatic rings. The molecule has 2 nitrogen and oxygen atoms in total. The molecule has 1 aromatic carbocycles. The average Bonchev–Trinajstić information content (AvgIpc) is 2.31. The summed E-state index contributed by atoms with van der Waals surface area (Å²) in [6, 6.07) is 7.48. The van der Waals surface area contributed by atoms with Crippen LogP contribution in [0, 0.1) is 5.92 Å². The zero-order valence-corrected chi connectivity index (χ0v) is 10.1. The first-order valence-corrected chi connectivity index (χ1v) is 6.28. The van der Waals surface area contributed by atoms with Crippen LogP contribution in [0.4, 0.5) is 0 Å². The van der Waals surface area contributed by atoms with Gasteiger partial charge in [-0.3, -0.25) is 0 Å². The lowest BCUT2D eigenvalue weighted by molar-refractivity contribution is 0.135. The van der Waals surface area contributed by atoms with Gasteiger partial charge in [0.15, 0.2) is 0 Å². The van der Waals surface area contributed by atoms with Gasteiger partial charge in [-0.15, -0.1) is 0 Å². The van der Waals surface area contributed by atoms with E-state index in [1.807, 2.05) is 24.3 Å². The fourth-order valence-electron chi connectivity index (χ4n) is 2.26. The van der Waals surface area contributed by atoms with E-state index in [-0.39, 0.29) is 6.10 Å². The molecule has 0 saturated carbocycles. The van der Waals surface area contributed by atoms with Gasteiger partial charge in [-0.25, -0.2) is 0 Å². The average molecular weight is 240 g/mol. The molecule has 1 fully saturated rings. The van der Waals surface area contributed by atoms with Crippen molar-refractivity contribution in [2.75, 3.05) is 13.1 Å². The fraction of sp³-hybridized carbons (Fsp3) is 0.538. The predicted octanol–water partition coefficient (Wildman–Crippen LogP) is 2.76. The molecule has 88 valence electrons. The summed E-state index contributed by atoms with van der Waals surface area (Å²) in [7, 11) is 0. The minimum atomic E-state index is -0.359. The highest BCUT2D eigenvalue weighted by molar-refractivity contribution is 6.30. The molecule has 0 bridgehead atoms. The van der Waals surface area contributed by atoms with Crippen molar-refractivity contribution >= 4 is 11.6 Å². The van der Waals surface area contributed by atoms with Crippen LogP contribution in [0.25, 0.3) is 0 Å². The third-order valence-electron chi connectivity index (χ3n) is 3.21. The van der Waals surface area contributed by atoms with Crippen LogP contribution >= 0.6 is 11.6 Å². The number of aliphatic hydroxyl groups is 1. The molecule has 2 rings (SSSR count). The summed E-state index contributed by atoms with van der Waals surface area (Å²) in [5.74, 6) is 0.597. The van der Waals surface area contributed by atoms with E-state index in [9.17, 15) is 5.11 Å². The third-order valence-corrected chi connectivity index (χ3v) is 3.46. The second kappa shape index (κ2) is 5.67. The van der Waals surface area contributed by atoms with E-state index >= 15 is 0 Å². The minimum absolute atomic E-state index is 0.359. The largest absolute Gasteiger partial charge is 0.388 e. The van der Waals surface area contributed by atoms with Gasteiger partial charge < -0.3 is 10.4 Å². The topological polar surface area (TPSA) is 32.3 Å². The van der Waals surface area contributed by atoms with Crippen molar-refractivity contribution in [2.24, 2.45) is 5.92 Å². The van der Waals surface area contributed by atoms with Gasteiger partial charge in [0.05, 0.1) is 6.10 Å². The summed E-state index contributed by atoms with van der Waals surface area (Å²) < 4.78 is 0. The predicted molar refractivity (Wildman–Crippen MR) is 66.6 cm³/mol. The number of nitrogens with one attached hydrogen (secondary N) is 1. The van der Waals surface area contributed by atoms with Crippen molar-refractivity contribution in [2.45, 2.75) is 25.4 Å². The monoisotopic (exact) mass is 239 g/mol. The number of rotatable bonds is 3. The zero-order valence-electron chi connectivity index (χ0n) is 9.32. The maximum absolute atomic E-state index is 10.1. The van der Waals surface area contributed by atoms with Crippen molar-refractivity contribution in [3.63, 3.8) is 0 Å². The molecule has 2 unspecified atom stereocenters. The zero-order chi connectivity index (χ0) is 11.4. The molecule has 0 spiro atoms. The van der Waals surface area contributed by atoms with Crippen LogP contribution in [0.2, 0.25) is 5.02 Å². The Balaban J connectivity index is 1.91. The second-order valence-corrected chi connectivity index (χ2v) is 4.95. The van der Waals surface area contributed by atoms with Gasteiger partial charge in [0, 0.05) is 5.02 Å².